The van der Waals surface area contributed by atoms with Crippen molar-refractivity contribution in [2.24, 2.45) is 0 Å². The van der Waals surface area contributed by atoms with E-state index in [0.717, 1.165) is 11.1 Å². The molecular weight excluding hydrogens is 302 g/mol. The maximum Gasteiger partial charge on any atom is 0.242 e. The lowest BCUT2D eigenvalue weighted by Gasteiger charge is -2.08. The number of nitrogens with one attached hydrogen (secondary N) is 1. The zero-order chi connectivity index (χ0) is 15.6. The Balaban J connectivity index is 1.80. The molecule has 0 atom stereocenters. The minimum atomic E-state index is -3.62. The van der Waals surface area contributed by atoms with Crippen molar-refractivity contribution < 1.29 is 12.9 Å². The van der Waals surface area contributed by atoms with Crippen molar-refractivity contribution in [2.45, 2.75) is 18.2 Å². The number of hydrogen-bond donors (Lipinski definition) is 1. The Morgan fingerprint density at radius 1 is 1.23 bits per heavy atom. The van der Waals surface area contributed by atoms with E-state index in [1.165, 1.54) is 0 Å². The van der Waals surface area contributed by atoms with Crippen LogP contribution in [0.15, 0.2) is 52.0 Å². The molecule has 0 amide bonds. The predicted molar refractivity (Wildman–Crippen MR) is 81.9 cm³/mol. The van der Waals surface area contributed by atoms with E-state index in [0.29, 0.717) is 17.7 Å². The van der Waals surface area contributed by atoms with Crippen LogP contribution in [0.4, 0.5) is 0 Å². The van der Waals surface area contributed by atoms with Crippen LogP contribution in [0, 0.1) is 6.92 Å². The molecular formula is C15H15N3O3S. The zero-order valence-corrected chi connectivity index (χ0v) is 12.8. The third-order valence-electron chi connectivity index (χ3n) is 3.23. The van der Waals surface area contributed by atoms with E-state index in [9.17, 15) is 8.42 Å². The second kappa shape index (κ2) is 5.86. The van der Waals surface area contributed by atoms with Crippen LogP contribution in [0.3, 0.4) is 0 Å². The average Bonchev–Trinajstić information content (AvgIpc) is 2.92. The summed E-state index contributed by atoms with van der Waals surface area (Å²) in [5.41, 5.74) is 1.24. The Morgan fingerprint density at radius 2 is 2.05 bits per heavy atom. The molecule has 1 aromatic carbocycles. The lowest BCUT2D eigenvalue weighted by atomic mass is 10.2. The Morgan fingerprint density at radius 3 is 2.82 bits per heavy atom. The summed E-state index contributed by atoms with van der Waals surface area (Å²) in [5.74, 6) is 0.649. The molecule has 3 rings (SSSR count). The number of pyridine rings is 1. The van der Waals surface area contributed by atoms with Crippen LogP contribution >= 0.6 is 0 Å². The molecule has 0 aliphatic rings. The van der Waals surface area contributed by atoms with Gasteiger partial charge in [-0.3, -0.25) is 4.98 Å². The Bertz CT molecular complexity index is 898. The van der Waals surface area contributed by atoms with Crippen molar-refractivity contribution in [3.8, 4) is 0 Å². The number of fused-ring (bicyclic) bond motifs is 1. The van der Waals surface area contributed by atoms with E-state index in [4.69, 9.17) is 4.52 Å². The van der Waals surface area contributed by atoms with Gasteiger partial charge in [-0.1, -0.05) is 23.4 Å². The van der Waals surface area contributed by atoms with E-state index < -0.39 is 10.0 Å². The Hall–Kier alpha value is -2.25. The number of aromatic nitrogens is 2. The molecule has 6 nitrogen and oxygen atoms in total. The summed E-state index contributed by atoms with van der Waals surface area (Å²) in [6, 6.07) is 10.5. The molecule has 0 bridgehead atoms. The van der Waals surface area contributed by atoms with Crippen molar-refractivity contribution in [1.82, 2.24) is 14.9 Å². The molecule has 0 aliphatic heterocycles. The number of benzene rings is 1. The van der Waals surface area contributed by atoms with Crippen LogP contribution in [0.5, 0.6) is 0 Å². The fourth-order valence-electron chi connectivity index (χ4n) is 2.21. The number of nitrogens with zero attached hydrogens (tertiary/aromatic N) is 2. The van der Waals surface area contributed by atoms with Gasteiger partial charge in [0.25, 0.3) is 0 Å². The van der Waals surface area contributed by atoms with Crippen LogP contribution in [-0.4, -0.2) is 25.1 Å². The van der Waals surface area contributed by atoms with Gasteiger partial charge in [0.1, 0.15) is 10.7 Å². The highest BCUT2D eigenvalue weighted by atomic mass is 32.2. The van der Waals surface area contributed by atoms with Crippen LogP contribution in [0.2, 0.25) is 0 Å². The lowest BCUT2D eigenvalue weighted by molar-refractivity contribution is 0.379. The molecule has 0 saturated heterocycles. The maximum atomic E-state index is 12.4. The van der Waals surface area contributed by atoms with Gasteiger partial charge in [-0.15, -0.1) is 0 Å². The Kier molecular flexibility index (Phi) is 3.91. The molecule has 0 saturated carbocycles. The number of hydrogen-bond acceptors (Lipinski definition) is 5. The van der Waals surface area contributed by atoms with Crippen LogP contribution < -0.4 is 4.72 Å². The summed E-state index contributed by atoms with van der Waals surface area (Å²) in [5, 5.41) is 4.56. The third kappa shape index (κ3) is 3.00. The van der Waals surface area contributed by atoms with Crippen molar-refractivity contribution >= 4 is 20.9 Å². The molecule has 3 aromatic rings. The number of sulfonamides is 1. The standard InChI is InChI=1S/C15H15N3O3S/c1-11-10-13(21-18-11)7-9-17-22(19,20)14-6-2-4-12-5-3-8-16-15(12)14/h2-6,8,10,17H,7,9H2,1H3. The molecule has 114 valence electrons. The molecule has 2 aromatic heterocycles. The number of para-hydroxylation sites is 1. The first-order valence-electron chi connectivity index (χ1n) is 6.82. The van der Waals surface area contributed by atoms with Gasteiger partial charge in [-0.2, -0.15) is 0 Å². The van der Waals surface area contributed by atoms with Gasteiger partial charge in [-0.25, -0.2) is 13.1 Å². The summed E-state index contributed by atoms with van der Waals surface area (Å²) < 4.78 is 32.5. The first-order chi connectivity index (χ1) is 10.6. The van der Waals surface area contributed by atoms with Crippen LogP contribution in [0.25, 0.3) is 10.9 Å². The van der Waals surface area contributed by atoms with E-state index in [2.05, 4.69) is 14.9 Å². The lowest BCUT2D eigenvalue weighted by Crippen LogP contribution is -2.26. The molecule has 0 spiro atoms. The van der Waals surface area contributed by atoms with E-state index in [1.54, 1.807) is 30.5 Å². The molecule has 0 fully saturated rings. The first kappa shape index (κ1) is 14.7. The zero-order valence-electron chi connectivity index (χ0n) is 12.0. The summed E-state index contributed by atoms with van der Waals surface area (Å²) in [6.07, 6.45) is 2.02. The van der Waals surface area contributed by atoms with Gasteiger partial charge in [0.2, 0.25) is 10.0 Å². The summed E-state index contributed by atoms with van der Waals surface area (Å²) >= 11 is 0. The normalized spacial score (nSPS) is 11.9. The smallest absolute Gasteiger partial charge is 0.242 e. The van der Waals surface area contributed by atoms with Crippen LogP contribution in [0.1, 0.15) is 11.5 Å². The van der Waals surface area contributed by atoms with Gasteiger partial charge in [-0.05, 0) is 19.1 Å². The van der Waals surface area contributed by atoms with Crippen LogP contribution in [-0.2, 0) is 16.4 Å². The molecule has 2 heterocycles. The quantitative estimate of drug-likeness (QED) is 0.778. The monoisotopic (exact) mass is 317 g/mol. The topological polar surface area (TPSA) is 85.1 Å². The fraction of sp³-hybridized carbons (Fsp3) is 0.200. The van der Waals surface area contributed by atoms with Crippen molar-refractivity contribution in [1.29, 1.82) is 0 Å². The van der Waals surface area contributed by atoms with Crippen molar-refractivity contribution in [2.75, 3.05) is 6.54 Å². The molecule has 22 heavy (non-hydrogen) atoms. The summed E-state index contributed by atoms with van der Waals surface area (Å²) in [4.78, 5) is 4.35. The van der Waals surface area contributed by atoms with Crippen molar-refractivity contribution in [3.63, 3.8) is 0 Å². The molecule has 1 N–H and O–H groups in total. The Labute approximate surface area is 128 Å². The highest BCUT2D eigenvalue weighted by molar-refractivity contribution is 7.89. The minimum Gasteiger partial charge on any atom is -0.361 e. The minimum absolute atomic E-state index is 0.180. The number of rotatable bonds is 5. The SMILES string of the molecule is Cc1cc(CCNS(=O)(=O)c2cccc3cccnc23)on1. The number of aryl methyl sites for hydroxylation is 1. The third-order valence-corrected chi connectivity index (χ3v) is 4.72. The highest BCUT2D eigenvalue weighted by Crippen LogP contribution is 2.20. The van der Waals surface area contributed by atoms with Gasteiger partial charge in [0, 0.05) is 30.6 Å². The van der Waals surface area contributed by atoms with Crippen molar-refractivity contribution in [3.05, 3.63) is 54.0 Å². The first-order valence-corrected chi connectivity index (χ1v) is 8.30. The van der Waals surface area contributed by atoms with Gasteiger partial charge in [0.05, 0.1) is 11.2 Å². The summed E-state index contributed by atoms with van der Waals surface area (Å²) in [6.45, 7) is 2.05. The molecule has 7 heteroatoms. The highest BCUT2D eigenvalue weighted by Gasteiger charge is 2.17. The molecule has 0 radical (unpaired) electrons. The largest absolute Gasteiger partial charge is 0.361 e. The van der Waals surface area contributed by atoms with Gasteiger partial charge >= 0.3 is 0 Å². The predicted octanol–water partition coefficient (Wildman–Crippen LogP) is 2.05. The van der Waals surface area contributed by atoms with Gasteiger partial charge < -0.3 is 4.52 Å². The maximum absolute atomic E-state index is 12.4. The van der Waals surface area contributed by atoms with E-state index in [1.807, 2.05) is 19.1 Å². The summed E-state index contributed by atoms with van der Waals surface area (Å²) in [7, 11) is -3.62. The van der Waals surface area contributed by atoms with E-state index in [-0.39, 0.29) is 11.4 Å². The second-order valence-corrected chi connectivity index (χ2v) is 6.65. The second-order valence-electron chi connectivity index (χ2n) is 4.91. The fourth-order valence-corrected chi connectivity index (χ4v) is 3.42. The van der Waals surface area contributed by atoms with E-state index >= 15 is 0 Å². The molecule has 0 aliphatic carbocycles. The average molecular weight is 317 g/mol. The molecule has 0 unspecified atom stereocenters. The van der Waals surface area contributed by atoms with Gasteiger partial charge in [0.15, 0.2) is 0 Å².